The van der Waals surface area contributed by atoms with Gasteiger partial charge in [-0.3, -0.25) is 0 Å². The van der Waals surface area contributed by atoms with Crippen molar-refractivity contribution >= 4 is 29.3 Å². The van der Waals surface area contributed by atoms with Gasteiger partial charge in [-0.05, 0) is 62.4 Å². The van der Waals surface area contributed by atoms with E-state index in [0.717, 1.165) is 11.3 Å². The Morgan fingerprint density at radius 2 is 1.41 bits per heavy atom. The second-order valence-electron chi connectivity index (χ2n) is 6.20. The van der Waals surface area contributed by atoms with Gasteiger partial charge in [0.1, 0.15) is 33.2 Å². The van der Waals surface area contributed by atoms with Crippen LogP contribution >= 0.6 is 23.2 Å². The van der Waals surface area contributed by atoms with E-state index in [1.165, 1.54) is 0 Å². The molecule has 0 aliphatic rings. The predicted molar refractivity (Wildman–Crippen MR) is 116 cm³/mol. The Labute approximate surface area is 179 Å². The number of halogens is 2. The molecule has 0 aliphatic heterocycles. The summed E-state index contributed by atoms with van der Waals surface area (Å²) >= 11 is 11.4. The van der Waals surface area contributed by atoms with Crippen LogP contribution in [0, 0.1) is 6.92 Å². The average molecular weight is 431 g/mol. The molecule has 7 heteroatoms. The minimum Gasteiger partial charge on any atom is -0.460 e. The Morgan fingerprint density at radius 1 is 0.931 bits per heavy atom. The van der Waals surface area contributed by atoms with Crippen molar-refractivity contribution in [2.75, 3.05) is 0 Å². The summed E-state index contributed by atoms with van der Waals surface area (Å²) in [6.45, 7) is 7.43. The summed E-state index contributed by atoms with van der Waals surface area (Å²) in [5.41, 5.74) is 1.74. The summed E-state index contributed by atoms with van der Waals surface area (Å²) < 4.78 is 19.1. The quantitative estimate of drug-likeness (QED) is 0.378. The molecule has 5 nitrogen and oxygen atoms in total. The molecule has 0 saturated carbocycles. The SMILES string of the molecule is C=Cc1c(C)nn(C)c1Oc1ccc(Oc2ccc(OC(C)=C(Cl)Cl)cc2)cc1. The van der Waals surface area contributed by atoms with Gasteiger partial charge in [0.05, 0.1) is 11.3 Å². The number of hydrogen-bond acceptors (Lipinski definition) is 4. The van der Waals surface area contributed by atoms with Crippen molar-refractivity contribution in [1.29, 1.82) is 0 Å². The van der Waals surface area contributed by atoms with E-state index in [1.54, 1.807) is 41.9 Å². The molecule has 0 unspecified atom stereocenters. The molecular weight excluding hydrogens is 411 g/mol. The van der Waals surface area contributed by atoms with Crippen LogP contribution in [0.5, 0.6) is 28.9 Å². The molecule has 1 aromatic heterocycles. The van der Waals surface area contributed by atoms with Gasteiger partial charge in [0.15, 0.2) is 0 Å². The van der Waals surface area contributed by atoms with Crippen LogP contribution in [-0.4, -0.2) is 9.78 Å². The fraction of sp³-hybridized carbons (Fsp3) is 0.136. The number of allylic oxidation sites excluding steroid dienone is 1. The van der Waals surface area contributed by atoms with Gasteiger partial charge in [-0.1, -0.05) is 35.9 Å². The van der Waals surface area contributed by atoms with Gasteiger partial charge in [-0.15, -0.1) is 0 Å². The molecule has 0 N–H and O–H groups in total. The first-order valence-electron chi connectivity index (χ1n) is 8.79. The van der Waals surface area contributed by atoms with Crippen molar-refractivity contribution in [1.82, 2.24) is 9.78 Å². The maximum Gasteiger partial charge on any atom is 0.225 e. The van der Waals surface area contributed by atoms with Crippen LogP contribution in [-0.2, 0) is 7.05 Å². The monoisotopic (exact) mass is 430 g/mol. The summed E-state index contributed by atoms with van der Waals surface area (Å²) in [4.78, 5) is 0. The molecule has 3 aromatic rings. The number of ether oxygens (including phenoxy) is 3. The van der Waals surface area contributed by atoms with Crippen molar-refractivity contribution in [3.8, 4) is 28.9 Å². The molecule has 150 valence electrons. The molecule has 0 amide bonds. The van der Waals surface area contributed by atoms with E-state index < -0.39 is 0 Å². The van der Waals surface area contributed by atoms with Crippen LogP contribution in [0.1, 0.15) is 18.2 Å². The molecule has 0 fully saturated rings. The van der Waals surface area contributed by atoms with Crippen molar-refractivity contribution in [2.24, 2.45) is 7.05 Å². The Balaban J connectivity index is 1.67. The zero-order valence-corrected chi connectivity index (χ0v) is 17.8. The molecule has 0 bridgehead atoms. The Morgan fingerprint density at radius 3 is 1.90 bits per heavy atom. The van der Waals surface area contributed by atoms with Crippen molar-refractivity contribution in [3.05, 3.63) is 76.6 Å². The van der Waals surface area contributed by atoms with E-state index in [2.05, 4.69) is 11.7 Å². The molecule has 0 atom stereocenters. The van der Waals surface area contributed by atoms with Crippen LogP contribution in [0.25, 0.3) is 6.08 Å². The number of aromatic nitrogens is 2. The molecule has 3 rings (SSSR count). The smallest absolute Gasteiger partial charge is 0.225 e. The Bertz CT molecular complexity index is 1040. The van der Waals surface area contributed by atoms with E-state index in [0.29, 0.717) is 34.6 Å². The highest BCUT2D eigenvalue weighted by molar-refractivity contribution is 6.56. The van der Waals surface area contributed by atoms with Crippen LogP contribution in [0.2, 0.25) is 0 Å². The van der Waals surface area contributed by atoms with E-state index in [1.807, 2.05) is 38.2 Å². The lowest BCUT2D eigenvalue weighted by atomic mass is 10.2. The molecule has 0 radical (unpaired) electrons. The van der Waals surface area contributed by atoms with Gasteiger partial charge in [0.2, 0.25) is 5.88 Å². The third-order valence-corrected chi connectivity index (χ3v) is 4.59. The Kier molecular flexibility index (Phi) is 6.52. The maximum absolute atomic E-state index is 5.96. The highest BCUT2D eigenvalue weighted by Gasteiger charge is 2.12. The number of rotatable bonds is 7. The van der Waals surface area contributed by atoms with Gasteiger partial charge >= 0.3 is 0 Å². The first kappa shape index (κ1) is 20.8. The first-order valence-corrected chi connectivity index (χ1v) is 9.54. The number of hydrogen-bond donors (Lipinski definition) is 0. The predicted octanol–water partition coefficient (Wildman–Crippen LogP) is 7.00. The van der Waals surface area contributed by atoms with E-state index in [4.69, 9.17) is 37.4 Å². The maximum atomic E-state index is 5.96. The topological polar surface area (TPSA) is 45.5 Å². The van der Waals surface area contributed by atoms with Crippen molar-refractivity contribution in [2.45, 2.75) is 13.8 Å². The van der Waals surface area contributed by atoms with Crippen LogP contribution in [0.4, 0.5) is 0 Å². The number of nitrogens with zero attached hydrogens (tertiary/aromatic N) is 2. The minimum absolute atomic E-state index is 0.0918. The summed E-state index contributed by atoms with van der Waals surface area (Å²) in [5.74, 6) is 3.70. The van der Waals surface area contributed by atoms with Crippen LogP contribution in [0.15, 0.2) is 65.4 Å². The summed E-state index contributed by atoms with van der Waals surface area (Å²) in [6, 6.07) is 14.5. The summed E-state index contributed by atoms with van der Waals surface area (Å²) in [6.07, 6.45) is 1.74. The molecule has 1 heterocycles. The molecule has 0 saturated heterocycles. The fourth-order valence-corrected chi connectivity index (χ4v) is 2.70. The Hall–Kier alpha value is -2.89. The van der Waals surface area contributed by atoms with Gasteiger partial charge in [-0.25, -0.2) is 4.68 Å². The molecular formula is C22H20Cl2N2O3. The van der Waals surface area contributed by atoms with Gasteiger partial charge in [0.25, 0.3) is 0 Å². The summed E-state index contributed by atoms with van der Waals surface area (Å²) in [5, 5.41) is 4.35. The fourth-order valence-electron chi connectivity index (χ4n) is 2.62. The zero-order chi connectivity index (χ0) is 21.0. The minimum atomic E-state index is 0.0918. The number of aryl methyl sites for hydroxylation is 2. The van der Waals surface area contributed by atoms with Gasteiger partial charge < -0.3 is 14.2 Å². The third-order valence-electron chi connectivity index (χ3n) is 4.05. The van der Waals surface area contributed by atoms with Crippen LogP contribution in [0.3, 0.4) is 0 Å². The van der Waals surface area contributed by atoms with Crippen molar-refractivity contribution in [3.63, 3.8) is 0 Å². The van der Waals surface area contributed by atoms with E-state index in [-0.39, 0.29) is 4.49 Å². The lowest BCUT2D eigenvalue weighted by Gasteiger charge is -2.10. The largest absolute Gasteiger partial charge is 0.460 e. The second kappa shape index (κ2) is 9.07. The average Bonchev–Trinajstić information content (AvgIpc) is 2.97. The highest BCUT2D eigenvalue weighted by atomic mass is 35.5. The first-order chi connectivity index (χ1) is 13.9. The van der Waals surface area contributed by atoms with Gasteiger partial charge in [-0.2, -0.15) is 5.10 Å². The third kappa shape index (κ3) is 5.13. The lowest BCUT2D eigenvalue weighted by Crippen LogP contribution is -1.96. The van der Waals surface area contributed by atoms with Gasteiger partial charge in [0, 0.05) is 7.05 Å². The molecule has 0 aliphatic carbocycles. The highest BCUT2D eigenvalue weighted by Crippen LogP contribution is 2.31. The normalized spacial score (nSPS) is 10.4. The zero-order valence-electron chi connectivity index (χ0n) is 16.3. The second-order valence-corrected chi connectivity index (χ2v) is 7.15. The van der Waals surface area contributed by atoms with E-state index >= 15 is 0 Å². The van der Waals surface area contributed by atoms with E-state index in [9.17, 15) is 0 Å². The molecule has 2 aromatic carbocycles. The van der Waals surface area contributed by atoms with Crippen LogP contribution < -0.4 is 14.2 Å². The lowest BCUT2D eigenvalue weighted by molar-refractivity contribution is 0.424. The standard InChI is InChI=1S/C22H20Cl2N2O3/c1-5-20-14(2)25-26(4)22(20)29-19-12-10-18(11-13-19)28-17-8-6-16(7-9-17)27-15(3)21(23)24/h5-13H,1H2,2-4H3. The van der Waals surface area contributed by atoms with Crippen molar-refractivity contribution < 1.29 is 14.2 Å². The number of benzene rings is 2. The summed E-state index contributed by atoms with van der Waals surface area (Å²) in [7, 11) is 1.83. The molecule has 29 heavy (non-hydrogen) atoms. The molecule has 0 spiro atoms.